The molecule has 0 bridgehead atoms. The Kier molecular flexibility index (Phi) is 7.79. The Hall–Kier alpha value is -3.10. The molecule has 0 aromatic heterocycles. The van der Waals surface area contributed by atoms with Crippen molar-refractivity contribution in [2.75, 3.05) is 13.7 Å². The van der Waals surface area contributed by atoms with Crippen LogP contribution in [-0.4, -0.2) is 54.0 Å². The second-order valence-electron chi connectivity index (χ2n) is 7.46. The number of carbonyl (C=O) groups excluding carboxylic acids is 4. The molecule has 1 aliphatic rings. The van der Waals surface area contributed by atoms with E-state index in [2.05, 4.69) is 10.6 Å². The number of methoxy groups -OCH3 is 1. The van der Waals surface area contributed by atoms with Gasteiger partial charge in [-0.2, -0.15) is 0 Å². The third-order valence-electron chi connectivity index (χ3n) is 4.97. The average molecular weight is 419 g/mol. The lowest BCUT2D eigenvalue weighted by molar-refractivity contribution is -0.156. The van der Waals surface area contributed by atoms with Crippen LogP contribution in [0.25, 0.3) is 0 Å². The summed E-state index contributed by atoms with van der Waals surface area (Å²) in [6.07, 6.45) is 1.07. The Morgan fingerprint density at radius 1 is 1.23 bits per heavy atom. The van der Waals surface area contributed by atoms with Crippen LogP contribution in [0.3, 0.4) is 0 Å². The van der Waals surface area contributed by atoms with Crippen molar-refractivity contribution in [3.05, 3.63) is 29.8 Å². The van der Waals surface area contributed by atoms with Gasteiger partial charge in [0.05, 0.1) is 7.11 Å². The number of benzene rings is 1. The summed E-state index contributed by atoms with van der Waals surface area (Å²) < 4.78 is 10.2. The second kappa shape index (κ2) is 10.1. The summed E-state index contributed by atoms with van der Waals surface area (Å²) in [6, 6.07) is 6.53. The molecule has 0 radical (unpaired) electrons. The molecule has 1 aromatic carbocycles. The molecule has 2 N–H and O–H groups in total. The van der Waals surface area contributed by atoms with E-state index in [1.165, 1.54) is 6.92 Å². The first kappa shape index (κ1) is 23.2. The number of carbonyl (C=O) groups is 4. The lowest BCUT2D eigenvalue weighted by Crippen LogP contribution is -2.44. The van der Waals surface area contributed by atoms with E-state index in [4.69, 9.17) is 9.47 Å². The number of rotatable bonds is 10. The Morgan fingerprint density at radius 3 is 2.50 bits per heavy atom. The maximum absolute atomic E-state index is 12.6. The van der Waals surface area contributed by atoms with Gasteiger partial charge in [-0.05, 0) is 38.0 Å². The normalized spacial score (nSPS) is 19.3. The van der Waals surface area contributed by atoms with E-state index in [1.807, 2.05) is 19.1 Å². The lowest BCUT2D eigenvalue weighted by atomic mass is 9.95. The summed E-state index contributed by atoms with van der Waals surface area (Å²) in [4.78, 5) is 49.9. The molecular weight excluding hydrogens is 390 g/mol. The quantitative estimate of drug-likeness (QED) is 0.441. The largest absolute Gasteiger partial charge is 0.497 e. The van der Waals surface area contributed by atoms with E-state index in [-0.39, 0.29) is 6.54 Å². The predicted molar refractivity (Wildman–Crippen MR) is 109 cm³/mol. The van der Waals surface area contributed by atoms with E-state index in [0.717, 1.165) is 23.3 Å². The monoisotopic (exact) mass is 419 g/mol. The number of nitrogens with one attached hydrogen (secondary N) is 2. The number of nitrogens with zero attached hydrogens (tertiary/aromatic N) is 1. The Balaban J connectivity index is 1.83. The van der Waals surface area contributed by atoms with Gasteiger partial charge in [0.25, 0.3) is 11.8 Å². The van der Waals surface area contributed by atoms with Crippen molar-refractivity contribution in [3.63, 3.8) is 0 Å². The summed E-state index contributed by atoms with van der Waals surface area (Å²) in [5.74, 6) is -1.07. The lowest BCUT2D eigenvalue weighted by Gasteiger charge is -2.21. The highest BCUT2D eigenvalue weighted by atomic mass is 16.5. The fraction of sp³-hybridized carbons (Fsp3) is 0.524. The summed E-state index contributed by atoms with van der Waals surface area (Å²) in [7, 11) is 1.57. The second-order valence-corrected chi connectivity index (χ2v) is 7.46. The molecule has 1 heterocycles. The van der Waals surface area contributed by atoms with Crippen LogP contribution in [0.15, 0.2) is 24.3 Å². The van der Waals surface area contributed by atoms with Crippen molar-refractivity contribution in [2.24, 2.45) is 0 Å². The molecule has 0 unspecified atom stereocenters. The van der Waals surface area contributed by atoms with Gasteiger partial charge in [0.2, 0.25) is 0 Å². The first-order chi connectivity index (χ1) is 14.2. The van der Waals surface area contributed by atoms with Crippen molar-refractivity contribution in [2.45, 2.75) is 58.2 Å². The zero-order valence-corrected chi connectivity index (χ0v) is 17.8. The summed E-state index contributed by atoms with van der Waals surface area (Å²) in [5.41, 5.74) is -0.164. The van der Waals surface area contributed by atoms with Crippen LogP contribution in [-0.2, 0) is 25.7 Å². The standard InChI is InChI=1S/C21H29N3O6/c1-5-6-11-21(3)19(27)24(20(28)23-21)13-17(25)30-14(2)18(26)22-12-15-7-9-16(29-4)10-8-15/h7-10,14H,5-6,11-13H2,1-4H3,(H,22,26)(H,23,28)/t14-,21+/m1/s1. The van der Waals surface area contributed by atoms with E-state index in [0.29, 0.717) is 12.2 Å². The molecule has 9 heteroatoms. The number of imide groups is 1. The van der Waals surface area contributed by atoms with Crippen LogP contribution in [0, 0.1) is 0 Å². The smallest absolute Gasteiger partial charge is 0.327 e. The van der Waals surface area contributed by atoms with Crippen LogP contribution in [0.4, 0.5) is 4.79 Å². The average Bonchev–Trinajstić information content (AvgIpc) is 2.94. The zero-order chi connectivity index (χ0) is 22.3. The van der Waals surface area contributed by atoms with E-state index in [9.17, 15) is 19.2 Å². The molecule has 0 spiro atoms. The fourth-order valence-electron chi connectivity index (χ4n) is 3.08. The molecule has 1 saturated heterocycles. The van der Waals surface area contributed by atoms with E-state index >= 15 is 0 Å². The minimum atomic E-state index is -1.07. The molecule has 1 aliphatic heterocycles. The summed E-state index contributed by atoms with van der Waals surface area (Å²) >= 11 is 0. The van der Waals surface area contributed by atoms with Gasteiger partial charge in [-0.3, -0.25) is 19.3 Å². The number of amides is 4. The van der Waals surface area contributed by atoms with E-state index < -0.39 is 42.0 Å². The maximum atomic E-state index is 12.6. The first-order valence-electron chi connectivity index (χ1n) is 9.94. The molecule has 0 saturated carbocycles. The molecule has 1 fully saturated rings. The molecule has 164 valence electrons. The van der Waals surface area contributed by atoms with Crippen molar-refractivity contribution >= 4 is 23.8 Å². The van der Waals surface area contributed by atoms with Gasteiger partial charge in [-0.15, -0.1) is 0 Å². The number of hydrogen-bond acceptors (Lipinski definition) is 6. The number of ether oxygens (including phenoxy) is 2. The summed E-state index contributed by atoms with van der Waals surface area (Å²) in [6.45, 7) is 4.78. The molecule has 1 aromatic rings. The SMILES string of the molecule is CCCC[C@]1(C)NC(=O)N(CC(=O)O[C@H](C)C(=O)NCc2ccc(OC)cc2)C1=O. The van der Waals surface area contributed by atoms with Gasteiger partial charge in [0.15, 0.2) is 6.10 Å². The third kappa shape index (κ3) is 5.71. The highest BCUT2D eigenvalue weighted by Crippen LogP contribution is 2.23. The van der Waals surface area contributed by atoms with Gasteiger partial charge >= 0.3 is 12.0 Å². The maximum Gasteiger partial charge on any atom is 0.327 e. The number of esters is 1. The van der Waals surface area contributed by atoms with Gasteiger partial charge in [-0.25, -0.2) is 4.79 Å². The minimum Gasteiger partial charge on any atom is -0.497 e. The Labute approximate surface area is 176 Å². The van der Waals surface area contributed by atoms with Crippen LogP contribution in [0.2, 0.25) is 0 Å². The molecular formula is C21H29N3O6. The highest BCUT2D eigenvalue weighted by molar-refractivity contribution is 6.08. The minimum absolute atomic E-state index is 0.257. The molecule has 30 heavy (non-hydrogen) atoms. The van der Waals surface area contributed by atoms with Gasteiger partial charge in [-0.1, -0.05) is 31.9 Å². The van der Waals surface area contributed by atoms with Crippen molar-refractivity contribution < 1.29 is 28.7 Å². The molecule has 4 amide bonds. The van der Waals surface area contributed by atoms with Crippen molar-refractivity contribution in [1.82, 2.24) is 15.5 Å². The van der Waals surface area contributed by atoms with Crippen LogP contribution < -0.4 is 15.4 Å². The van der Waals surface area contributed by atoms with Crippen LogP contribution in [0.5, 0.6) is 5.75 Å². The number of hydrogen-bond donors (Lipinski definition) is 2. The van der Waals surface area contributed by atoms with Crippen molar-refractivity contribution in [1.29, 1.82) is 0 Å². The fourth-order valence-corrected chi connectivity index (χ4v) is 3.08. The third-order valence-corrected chi connectivity index (χ3v) is 4.97. The Morgan fingerprint density at radius 2 is 1.90 bits per heavy atom. The topological polar surface area (TPSA) is 114 Å². The van der Waals surface area contributed by atoms with Gasteiger partial charge < -0.3 is 20.1 Å². The zero-order valence-electron chi connectivity index (χ0n) is 17.8. The first-order valence-corrected chi connectivity index (χ1v) is 9.94. The molecule has 2 rings (SSSR count). The van der Waals surface area contributed by atoms with Crippen LogP contribution >= 0.6 is 0 Å². The Bertz CT molecular complexity index is 794. The number of unbranched alkanes of at least 4 members (excludes halogenated alkanes) is 1. The highest BCUT2D eigenvalue weighted by Gasteiger charge is 2.48. The van der Waals surface area contributed by atoms with Crippen molar-refractivity contribution in [3.8, 4) is 5.75 Å². The molecule has 9 nitrogen and oxygen atoms in total. The van der Waals surface area contributed by atoms with E-state index in [1.54, 1.807) is 26.2 Å². The number of urea groups is 1. The summed E-state index contributed by atoms with van der Waals surface area (Å²) in [5, 5.41) is 5.31. The van der Waals surface area contributed by atoms with Gasteiger partial charge in [0.1, 0.15) is 17.8 Å². The van der Waals surface area contributed by atoms with Gasteiger partial charge in [0, 0.05) is 6.54 Å². The molecule has 0 aliphatic carbocycles. The molecule has 2 atom stereocenters. The van der Waals surface area contributed by atoms with Crippen LogP contribution in [0.1, 0.15) is 45.6 Å². The predicted octanol–water partition coefficient (Wildman–Crippen LogP) is 1.74.